The van der Waals surface area contributed by atoms with Crippen molar-refractivity contribution in [3.63, 3.8) is 0 Å². The molecule has 1 fully saturated rings. The minimum Gasteiger partial charge on any atom is -0.488 e. The van der Waals surface area contributed by atoms with Crippen molar-refractivity contribution in [2.45, 2.75) is 37.8 Å². The molecule has 0 radical (unpaired) electrons. The molecule has 1 unspecified atom stereocenters. The molecule has 2 aliphatic heterocycles. The fourth-order valence-corrected chi connectivity index (χ4v) is 3.46. The lowest BCUT2D eigenvalue weighted by Crippen LogP contribution is -2.49. The van der Waals surface area contributed by atoms with Crippen LogP contribution in [0.2, 0.25) is 5.02 Å². The highest BCUT2D eigenvalue weighted by Gasteiger charge is 2.33. The van der Waals surface area contributed by atoms with Crippen LogP contribution in [0.3, 0.4) is 0 Å². The maximum absolute atomic E-state index is 11.9. The maximum atomic E-state index is 11.9. The van der Waals surface area contributed by atoms with E-state index in [1.807, 2.05) is 18.2 Å². The number of halogens is 1. The van der Waals surface area contributed by atoms with Crippen molar-refractivity contribution in [2.24, 2.45) is 0 Å². The van der Waals surface area contributed by atoms with Gasteiger partial charge < -0.3 is 9.47 Å². The second kappa shape index (κ2) is 6.24. The molecule has 114 valence electrons. The Morgan fingerprint density at radius 3 is 3.14 bits per heavy atom. The summed E-state index contributed by atoms with van der Waals surface area (Å²) in [6.07, 6.45) is 4.01. The van der Waals surface area contributed by atoms with E-state index < -0.39 is 0 Å². The van der Waals surface area contributed by atoms with Crippen LogP contribution in [0.15, 0.2) is 18.2 Å². The average Bonchev–Trinajstić information content (AvgIpc) is 2.88. The van der Waals surface area contributed by atoms with Crippen molar-refractivity contribution in [3.05, 3.63) is 28.8 Å². The van der Waals surface area contributed by atoms with E-state index in [2.05, 4.69) is 4.90 Å². The Balaban J connectivity index is 1.65. The molecule has 1 saturated heterocycles. The van der Waals surface area contributed by atoms with Crippen molar-refractivity contribution in [1.29, 1.82) is 0 Å². The maximum Gasteiger partial charge on any atom is 0.323 e. The summed E-state index contributed by atoms with van der Waals surface area (Å²) < 4.78 is 10.9. The van der Waals surface area contributed by atoms with Crippen molar-refractivity contribution >= 4 is 17.6 Å². The molecule has 2 aliphatic rings. The van der Waals surface area contributed by atoms with Crippen LogP contribution in [0, 0.1) is 0 Å². The van der Waals surface area contributed by atoms with Crippen LogP contribution in [-0.2, 0) is 16.0 Å². The Kier molecular flexibility index (Phi) is 4.36. The highest BCUT2D eigenvalue weighted by molar-refractivity contribution is 6.30. The van der Waals surface area contributed by atoms with Crippen molar-refractivity contribution in [1.82, 2.24) is 4.90 Å². The molecule has 2 atom stereocenters. The molecule has 0 aliphatic carbocycles. The van der Waals surface area contributed by atoms with Gasteiger partial charge >= 0.3 is 5.97 Å². The normalized spacial score (nSPS) is 25.2. The Morgan fingerprint density at radius 1 is 1.48 bits per heavy atom. The number of carbonyl (C=O) groups excluding carboxylic acids is 1. The number of hydrogen-bond acceptors (Lipinski definition) is 4. The number of esters is 1. The number of fused-ring (bicyclic) bond motifs is 1. The van der Waals surface area contributed by atoms with E-state index in [9.17, 15) is 4.79 Å². The van der Waals surface area contributed by atoms with E-state index in [4.69, 9.17) is 21.1 Å². The monoisotopic (exact) mass is 309 g/mol. The number of nitrogens with zero attached hydrogens (tertiary/aromatic N) is 1. The van der Waals surface area contributed by atoms with Crippen LogP contribution in [0.25, 0.3) is 0 Å². The number of hydrogen-bond donors (Lipinski definition) is 0. The number of benzene rings is 1. The summed E-state index contributed by atoms with van der Waals surface area (Å²) in [4.78, 5) is 14.1. The predicted molar refractivity (Wildman–Crippen MR) is 80.8 cm³/mol. The largest absolute Gasteiger partial charge is 0.488 e. The summed E-state index contributed by atoms with van der Waals surface area (Å²) in [6, 6.07) is 5.61. The molecule has 2 heterocycles. The first kappa shape index (κ1) is 14.7. The number of piperidine rings is 1. The molecular formula is C16H20ClNO3. The predicted octanol–water partition coefficient (Wildman–Crippen LogP) is 2.67. The van der Waals surface area contributed by atoms with Gasteiger partial charge in [0.2, 0.25) is 0 Å². The molecule has 21 heavy (non-hydrogen) atoms. The fourth-order valence-electron chi connectivity index (χ4n) is 3.26. The highest BCUT2D eigenvalue weighted by Crippen LogP contribution is 2.32. The molecule has 4 nitrogen and oxygen atoms in total. The lowest BCUT2D eigenvalue weighted by Gasteiger charge is -2.34. The van der Waals surface area contributed by atoms with Gasteiger partial charge in [-0.1, -0.05) is 18.0 Å². The van der Waals surface area contributed by atoms with Crippen molar-refractivity contribution < 1.29 is 14.3 Å². The van der Waals surface area contributed by atoms with Gasteiger partial charge in [0.1, 0.15) is 17.9 Å². The number of methoxy groups -OCH3 is 1. The summed E-state index contributed by atoms with van der Waals surface area (Å²) in [6.45, 7) is 1.68. The van der Waals surface area contributed by atoms with Gasteiger partial charge in [-0.2, -0.15) is 0 Å². The van der Waals surface area contributed by atoms with Gasteiger partial charge in [0.25, 0.3) is 0 Å². The smallest absolute Gasteiger partial charge is 0.323 e. The summed E-state index contributed by atoms with van der Waals surface area (Å²) in [5, 5.41) is 0.739. The van der Waals surface area contributed by atoms with E-state index in [1.54, 1.807) is 0 Å². The minimum atomic E-state index is -0.131. The second-order valence-corrected chi connectivity index (χ2v) is 6.16. The molecule has 1 aromatic carbocycles. The van der Waals surface area contributed by atoms with Gasteiger partial charge in [0.15, 0.2) is 0 Å². The third-order valence-electron chi connectivity index (χ3n) is 4.29. The Labute approximate surface area is 130 Å². The highest BCUT2D eigenvalue weighted by atomic mass is 35.5. The van der Waals surface area contributed by atoms with Crippen LogP contribution in [-0.4, -0.2) is 43.2 Å². The molecule has 0 spiro atoms. The fraction of sp³-hybridized carbons (Fsp3) is 0.562. The number of ether oxygens (including phenoxy) is 2. The molecule has 0 aromatic heterocycles. The van der Waals surface area contributed by atoms with E-state index in [-0.39, 0.29) is 18.1 Å². The Bertz CT molecular complexity index is 534. The SMILES string of the molecule is COC(=O)[C@H]1CCCCN1CC1Cc2cc(Cl)ccc2O1. The molecule has 1 aromatic rings. The molecule has 0 saturated carbocycles. The van der Waals surface area contributed by atoms with Gasteiger partial charge in [-0.05, 0) is 43.1 Å². The van der Waals surface area contributed by atoms with Crippen LogP contribution >= 0.6 is 11.6 Å². The van der Waals surface area contributed by atoms with Gasteiger partial charge in [-0.15, -0.1) is 0 Å². The molecule has 0 bridgehead atoms. The number of carbonyl (C=O) groups is 1. The summed E-state index contributed by atoms with van der Waals surface area (Å²) >= 11 is 6.02. The van der Waals surface area contributed by atoms with E-state index in [1.165, 1.54) is 7.11 Å². The molecule has 0 amide bonds. The molecule has 0 N–H and O–H groups in total. The first-order valence-electron chi connectivity index (χ1n) is 7.44. The second-order valence-electron chi connectivity index (χ2n) is 5.73. The van der Waals surface area contributed by atoms with E-state index >= 15 is 0 Å². The quantitative estimate of drug-likeness (QED) is 0.805. The average molecular weight is 310 g/mol. The summed E-state index contributed by atoms with van der Waals surface area (Å²) in [7, 11) is 1.46. The third-order valence-corrected chi connectivity index (χ3v) is 4.52. The third kappa shape index (κ3) is 3.16. The van der Waals surface area contributed by atoms with Crippen LogP contribution in [0.4, 0.5) is 0 Å². The topological polar surface area (TPSA) is 38.8 Å². The lowest BCUT2D eigenvalue weighted by atomic mass is 10.0. The summed E-state index contributed by atoms with van der Waals surface area (Å²) in [5.74, 6) is 0.782. The van der Waals surface area contributed by atoms with Gasteiger partial charge in [-0.3, -0.25) is 9.69 Å². The number of likely N-dealkylation sites (tertiary alicyclic amines) is 1. The minimum absolute atomic E-state index is 0.0868. The van der Waals surface area contributed by atoms with Gasteiger partial charge in [0, 0.05) is 18.0 Å². The Morgan fingerprint density at radius 2 is 2.33 bits per heavy atom. The summed E-state index contributed by atoms with van der Waals surface area (Å²) in [5.41, 5.74) is 1.15. The standard InChI is InChI=1S/C16H20ClNO3/c1-20-16(19)14-4-2-3-7-18(14)10-13-9-11-8-12(17)5-6-15(11)21-13/h5-6,8,13-14H,2-4,7,9-10H2,1H3/t13?,14-/m1/s1. The first-order chi connectivity index (χ1) is 10.2. The zero-order chi connectivity index (χ0) is 14.8. The molecular weight excluding hydrogens is 290 g/mol. The van der Waals surface area contributed by atoms with E-state index in [0.29, 0.717) is 0 Å². The first-order valence-corrected chi connectivity index (χ1v) is 7.82. The van der Waals surface area contributed by atoms with Crippen LogP contribution in [0.1, 0.15) is 24.8 Å². The van der Waals surface area contributed by atoms with Crippen LogP contribution in [0.5, 0.6) is 5.75 Å². The van der Waals surface area contributed by atoms with Gasteiger partial charge in [0.05, 0.1) is 7.11 Å². The Hall–Kier alpha value is -1.26. The van der Waals surface area contributed by atoms with Crippen molar-refractivity contribution in [2.75, 3.05) is 20.2 Å². The lowest BCUT2D eigenvalue weighted by molar-refractivity contribution is -0.148. The molecule has 5 heteroatoms. The number of rotatable bonds is 3. The van der Waals surface area contributed by atoms with E-state index in [0.717, 1.165) is 55.1 Å². The van der Waals surface area contributed by atoms with Crippen molar-refractivity contribution in [3.8, 4) is 5.75 Å². The zero-order valence-electron chi connectivity index (χ0n) is 12.2. The van der Waals surface area contributed by atoms with Crippen LogP contribution < -0.4 is 4.74 Å². The molecule has 3 rings (SSSR count). The van der Waals surface area contributed by atoms with Gasteiger partial charge in [-0.25, -0.2) is 0 Å². The zero-order valence-corrected chi connectivity index (χ0v) is 12.9.